The van der Waals surface area contributed by atoms with Gasteiger partial charge in [0.15, 0.2) is 19.1 Å². The number of esters is 3. The third kappa shape index (κ3) is 10.6. The quantitative estimate of drug-likeness (QED) is 0.177. The van der Waals surface area contributed by atoms with Crippen molar-refractivity contribution in [2.24, 2.45) is 5.92 Å². The molecule has 0 aliphatic carbocycles. The number of carbonyl (C=O) groups excluding carboxylic acids is 5. The molecule has 0 radical (unpaired) electrons. The van der Waals surface area contributed by atoms with Gasteiger partial charge in [0.25, 0.3) is 0 Å². The van der Waals surface area contributed by atoms with E-state index in [-0.39, 0.29) is 31.2 Å². The summed E-state index contributed by atoms with van der Waals surface area (Å²) in [5.41, 5.74) is -0.105. The number of halogens is 4. The number of carbonyl (C=O) groups is 7. The minimum Gasteiger partial charge on any atom is -0.481 e. The molecule has 0 spiro atoms. The number of benzene rings is 2. The molecule has 17 heteroatoms. The summed E-state index contributed by atoms with van der Waals surface area (Å²) in [5.74, 6) is -8.22. The van der Waals surface area contributed by atoms with Gasteiger partial charge in [0.2, 0.25) is 11.7 Å². The van der Waals surface area contributed by atoms with Gasteiger partial charge >= 0.3 is 29.8 Å². The van der Waals surface area contributed by atoms with Crippen molar-refractivity contribution >= 4 is 87.9 Å². The zero-order valence-electron chi connectivity index (χ0n) is 21.4. The molecular formula is C26H19Cl4NO12. The molecule has 1 unspecified atom stereocenters. The van der Waals surface area contributed by atoms with Gasteiger partial charge in [0.05, 0.1) is 43.9 Å². The standard InChI is InChI=1S/C17H10Cl4O5.C9H9NO7/c18-10-3-1-4-11(19)14(10)16(23)25-7-9(22)8-26-17(24)15-12(20)5-2-6-13(15)21;11-6(12)3-5(8(14)15)10-7(13)4-1-2-17-9(4)16/h1-6H,7-8H2;1-2,4-5H,3H2,(H,10,13)(H,11,12)(H,14,15)/t;4?,5-/m.0/s1. The van der Waals surface area contributed by atoms with Crippen molar-refractivity contribution in [3.05, 3.63) is 80.0 Å². The molecule has 228 valence electrons. The average molecular weight is 679 g/mol. The van der Waals surface area contributed by atoms with Crippen molar-refractivity contribution in [2.45, 2.75) is 12.5 Å². The highest BCUT2D eigenvalue weighted by Crippen LogP contribution is 2.26. The lowest BCUT2D eigenvalue weighted by atomic mass is 10.1. The van der Waals surface area contributed by atoms with Gasteiger partial charge in [-0.15, -0.1) is 0 Å². The molecule has 2 aromatic rings. The first-order valence-corrected chi connectivity index (χ1v) is 13.1. The highest BCUT2D eigenvalue weighted by Gasteiger charge is 2.33. The van der Waals surface area contributed by atoms with Crippen LogP contribution in [0.4, 0.5) is 0 Å². The number of nitrogens with one attached hydrogen (secondary N) is 1. The van der Waals surface area contributed by atoms with E-state index in [4.69, 9.17) is 66.1 Å². The molecule has 0 fully saturated rings. The minimum absolute atomic E-state index is 0.0523. The maximum atomic E-state index is 12.0. The minimum atomic E-state index is -1.58. The molecule has 1 aliphatic heterocycles. The monoisotopic (exact) mass is 677 g/mol. The lowest BCUT2D eigenvalue weighted by molar-refractivity contribution is -0.149. The van der Waals surface area contributed by atoms with Crippen molar-refractivity contribution in [1.29, 1.82) is 0 Å². The predicted molar refractivity (Wildman–Crippen MR) is 149 cm³/mol. The molecule has 3 rings (SSSR count). The summed E-state index contributed by atoms with van der Waals surface area (Å²) in [6, 6.07) is 7.38. The summed E-state index contributed by atoms with van der Waals surface area (Å²) < 4.78 is 14.0. The van der Waals surface area contributed by atoms with Gasteiger partial charge in [-0.25, -0.2) is 14.4 Å². The van der Waals surface area contributed by atoms with Crippen LogP contribution in [0.3, 0.4) is 0 Å². The van der Waals surface area contributed by atoms with Crippen LogP contribution in [0, 0.1) is 5.92 Å². The van der Waals surface area contributed by atoms with E-state index in [1.165, 1.54) is 24.3 Å². The van der Waals surface area contributed by atoms with Crippen LogP contribution in [0.5, 0.6) is 0 Å². The first-order chi connectivity index (χ1) is 20.2. The Labute approximate surface area is 262 Å². The largest absolute Gasteiger partial charge is 0.481 e. The van der Waals surface area contributed by atoms with Gasteiger partial charge in [0.1, 0.15) is 6.04 Å². The number of aliphatic carboxylic acids is 2. The molecular weight excluding hydrogens is 660 g/mol. The Kier molecular flexibility index (Phi) is 13.4. The van der Waals surface area contributed by atoms with E-state index >= 15 is 0 Å². The number of ketones is 1. The maximum Gasteiger partial charge on any atom is 0.341 e. The molecule has 0 aromatic heterocycles. The van der Waals surface area contributed by atoms with Crippen LogP contribution in [0.15, 0.2) is 48.7 Å². The lowest BCUT2D eigenvalue weighted by Crippen LogP contribution is -2.45. The van der Waals surface area contributed by atoms with Gasteiger partial charge < -0.3 is 29.7 Å². The van der Waals surface area contributed by atoms with Crippen LogP contribution < -0.4 is 5.32 Å². The van der Waals surface area contributed by atoms with E-state index < -0.39 is 73.1 Å². The van der Waals surface area contributed by atoms with Crippen molar-refractivity contribution in [3.8, 4) is 0 Å². The molecule has 13 nitrogen and oxygen atoms in total. The SMILES string of the molecule is O=C(COC(=O)c1c(Cl)cccc1Cl)COC(=O)c1c(Cl)cccc1Cl.O=C(O)C[C@H](NC(=O)C1C=COC1=O)C(=O)O. The number of ether oxygens (including phenoxy) is 3. The molecule has 1 amide bonds. The van der Waals surface area contributed by atoms with Gasteiger partial charge in [-0.3, -0.25) is 19.2 Å². The van der Waals surface area contributed by atoms with Crippen LogP contribution in [0.1, 0.15) is 27.1 Å². The predicted octanol–water partition coefficient (Wildman–Crippen LogP) is 3.60. The number of carboxylic acid groups (broad SMARTS) is 2. The second-order valence-corrected chi connectivity index (χ2v) is 9.75. The third-order valence-corrected chi connectivity index (χ3v) is 6.31. The first kappa shape index (κ1) is 35.0. The molecule has 0 saturated heterocycles. The Morgan fingerprint density at radius 2 is 1.26 bits per heavy atom. The fourth-order valence-electron chi connectivity index (χ4n) is 3.03. The van der Waals surface area contributed by atoms with E-state index in [1.54, 1.807) is 12.1 Å². The number of hydrogen-bond acceptors (Lipinski definition) is 10. The van der Waals surface area contributed by atoms with Crippen LogP contribution in [-0.4, -0.2) is 71.0 Å². The van der Waals surface area contributed by atoms with Gasteiger partial charge in [-0.1, -0.05) is 58.5 Å². The Hall–Kier alpha value is -4.17. The summed E-state index contributed by atoms with van der Waals surface area (Å²) in [7, 11) is 0. The fraction of sp³-hybridized carbons (Fsp3) is 0.192. The zero-order valence-corrected chi connectivity index (χ0v) is 24.4. The maximum absolute atomic E-state index is 12.0. The van der Waals surface area contributed by atoms with Gasteiger partial charge in [-0.2, -0.15) is 0 Å². The summed E-state index contributed by atoms with van der Waals surface area (Å²) in [4.78, 5) is 79.1. The Morgan fingerprint density at radius 3 is 1.60 bits per heavy atom. The smallest absolute Gasteiger partial charge is 0.341 e. The van der Waals surface area contributed by atoms with Crippen LogP contribution in [0.2, 0.25) is 20.1 Å². The van der Waals surface area contributed by atoms with E-state index in [1.807, 2.05) is 5.32 Å². The van der Waals surface area contributed by atoms with Gasteiger partial charge in [0, 0.05) is 0 Å². The Morgan fingerprint density at radius 1 is 0.814 bits per heavy atom. The number of Topliss-reactive ketones (excluding diaryl/α,β-unsaturated/α-hetero) is 1. The summed E-state index contributed by atoms with van der Waals surface area (Å²) in [6.07, 6.45) is 1.39. The average Bonchev–Trinajstić information content (AvgIpc) is 3.36. The van der Waals surface area contributed by atoms with Crippen LogP contribution in [0.25, 0.3) is 0 Å². The molecule has 2 atom stereocenters. The van der Waals surface area contributed by atoms with E-state index in [0.717, 1.165) is 12.3 Å². The molecule has 0 saturated carbocycles. The number of carboxylic acids is 2. The summed E-state index contributed by atoms with van der Waals surface area (Å²) in [5, 5.41) is 19.4. The number of amides is 1. The topological polar surface area (TPSA) is 200 Å². The molecule has 0 bridgehead atoms. The van der Waals surface area contributed by atoms with Crippen molar-refractivity contribution in [1.82, 2.24) is 5.32 Å². The second kappa shape index (κ2) is 16.5. The highest BCUT2D eigenvalue weighted by molar-refractivity contribution is 6.40. The molecule has 43 heavy (non-hydrogen) atoms. The van der Waals surface area contributed by atoms with Gasteiger partial charge in [-0.05, 0) is 30.3 Å². The third-order valence-electron chi connectivity index (χ3n) is 5.05. The zero-order chi connectivity index (χ0) is 32.3. The van der Waals surface area contributed by atoms with E-state index in [9.17, 15) is 33.6 Å². The lowest BCUT2D eigenvalue weighted by Gasteiger charge is -2.13. The van der Waals surface area contributed by atoms with Crippen molar-refractivity contribution in [3.63, 3.8) is 0 Å². The Balaban J connectivity index is 0.000000329. The van der Waals surface area contributed by atoms with Crippen LogP contribution in [-0.2, 0) is 38.2 Å². The highest BCUT2D eigenvalue weighted by atomic mass is 35.5. The second-order valence-electron chi connectivity index (χ2n) is 8.12. The molecule has 1 heterocycles. The van der Waals surface area contributed by atoms with Crippen molar-refractivity contribution in [2.75, 3.05) is 13.2 Å². The Bertz CT molecular complexity index is 1370. The fourth-order valence-corrected chi connectivity index (χ4v) is 4.13. The molecule has 2 aromatic carbocycles. The number of hydrogen-bond donors (Lipinski definition) is 3. The summed E-state index contributed by atoms with van der Waals surface area (Å²) in [6.45, 7) is -1.24. The first-order valence-electron chi connectivity index (χ1n) is 11.6. The van der Waals surface area contributed by atoms with E-state index in [0.29, 0.717) is 0 Å². The number of rotatable bonds is 11. The molecule has 1 aliphatic rings. The summed E-state index contributed by atoms with van der Waals surface area (Å²) >= 11 is 23.5. The van der Waals surface area contributed by atoms with Crippen LogP contribution >= 0.6 is 46.4 Å². The normalized spacial score (nSPS) is 14.0. The van der Waals surface area contributed by atoms with Crippen molar-refractivity contribution < 1.29 is 58.0 Å². The van der Waals surface area contributed by atoms with E-state index in [2.05, 4.69) is 4.74 Å². The number of cyclic esters (lactones) is 1. The molecule has 3 N–H and O–H groups in total.